The molecular formula is C19H22N2O2S. The van der Waals surface area contributed by atoms with Crippen molar-refractivity contribution in [2.75, 3.05) is 6.61 Å². The third kappa shape index (κ3) is 3.51. The molecule has 0 aliphatic heterocycles. The molecule has 0 fully saturated rings. The van der Waals surface area contributed by atoms with E-state index >= 15 is 0 Å². The van der Waals surface area contributed by atoms with Crippen molar-refractivity contribution in [3.63, 3.8) is 0 Å². The van der Waals surface area contributed by atoms with Gasteiger partial charge in [-0.1, -0.05) is 19.1 Å². The number of hydrogen-bond acceptors (Lipinski definition) is 4. The summed E-state index contributed by atoms with van der Waals surface area (Å²) in [6, 6.07) is 9.98. The monoisotopic (exact) mass is 342 g/mol. The molecule has 0 atom stereocenters. The second kappa shape index (κ2) is 7.18. The van der Waals surface area contributed by atoms with E-state index in [2.05, 4.69) is 11.9 Å². The van der Waals surface area contributed by atoms with Crippen LogP contribution < -0.4 is 10.3 Å². The minimum atomic E-state index is 0.0593. The number of aromatic nitrogens is 2. The third-order valence-corrected chi connectivity index (χ3v) is 5.20. The number of rotatable bonds is 6. The Morgan fingerprint density at radius 3 is 2.83 bits per heavy atom. The standard InChI is InChI=1S/C19H22N2O2S/c1-4-16-12-17-18(24-16)20-14(3)21(19(17)22)9-6-10-23-15-8-5-7-13(2)11-15/h5,7-8,11-12H,4,6,9-10H2,1-3H3. The lowest BCUT2D eigenvalue weighted by Gasteiger charge is -2.10. The summed E-state index contributed by atoms with van der Waals surface area (Å²) in [7, 11) is 0. The zero-order valence-electron chi connectivity index (χ0n) is 14.3. The second-order valence-corrected chi connectivity index (χ2v) is 7.03. The highest BCUT2D eigenvalue weighted by atomic mass is 32.1. The maximum absolute atomic E-state index is 12.7. The summed E-state index contributed by atoms with van der Waals surface area (Å²) in [5.41, 5.74) is 1.24. The van der Waals surface area contributed by atoms with Gasteiger partial charge in [0.2, 0.25) is 0 Å². The Bertz CT molecular complexity index is 911. The molecule has 0 unspecified atom stereocenters. The Hall–Kier alpha value is -2.14. The van der Waals surface area contributed by atoms with Crippen LogP contribution in [0, 0.1) is 13.8 Å². The second-order valence-electron chi connectivity index (χ2n) is 5.92. The van der Waals surface area contributed by atoms with Crippen molar-refractivity contribution in [2.45, 2.75) is 40.2 Å². The van der Waals surface area contributed by atoms with Gasteiger partial charge in [0, 0.05) is 11.4 Å². The lowest BCUT2D eigenvalue weighted by Crippen LogP contribution is -2.24. The molecule has 0 saturated heterocycles. The Balaban J connectivity index is 1.69. The number of benzene rings is 1. The van der Waals surface area contributed by atoms with Gasteiger partial charge in [-0.3, -0.25) is 9.36 Å². The summed E-state index contributed by atoms with van der Waals surface area (Å²) < 4.78 is 7.52. The minimum absolute atomic E-state index is 0.0593. The third-order valence-electron chi connectivity index (χ3n) is 4.03. The van der Waals surface area contributed by atoms with E-state index in [0.29, 0.717) is 13.2 Å². The molecular weight excluding hydrogens is 320 g/mol. The van der Waals surface area contributed by atoms with Crippen LogP contribution in [-0.4, -0.2) is 16.2 Å². The first-order valence-corrected chi connectivity index (χ1v) is 9.09. The van der Waals surface area contributed by atoms with Crippen molar-refractivity contribution in [3.05, 3.63) is 57.0 Å². The predicted molar refractivity (Wildman–Crippen MR) is 99.3 cm³/mol. The van der Waals surface area contributed by atoms with Crippen LogP contribution in [0.3, 0.4) is 0 Å². The van der Waals surface area contributed by atoms with Crippen molar-refractivity contribution >= 4 is 21.6 Å². The molecule has 1 aromatic carbocycles. The maximum atomic E-state index is 12.7. The van der Waals surface area contributed by atoms with E-state index in [4.69, 9.17) is 4.74 Å². The Morgan fingerprint density at radius 2 is 2.08 bits per heavy atom. The van der Waals surface area contributed by atoms with Crippen molar-refractivity contribution in [3.8, 4) is 5.75 Å². The van der Waals surface area contributed by atoms with E-state index in [1.165, 1.54) is 10.4 Å². The van der Waals surface area contributed by atoms with E-state index in [0.717, 1.165) is 34.6 Å². The van der Waals surface area contributed by atoms with Crippen LogP contribution >= 0.6 is 11.3 Å². The molecule has 0 radical (unpaired) electrons. The van der Waals surface area contributed by atoms with Crippen LogP contribution in [-0.2, 0) is 13.0 Å². The van der Waals surface area contributed by atoms with Crippen LogP contribution in [0.5, 0.6) is 5.75 Å². The van der Waals surface area contributed by atoms with E-state index < -0.39 is 0 Å². The van der Waals surface area contributed by atoms with E-state index in [-0.39, 0.29) is 5.56 Å². The fourth-order valence-electron chi connectivity index (χ4n) is 2.72. The average Bonchev–Trinajstić information content (AvgIpc) is 2.97. The summed E-state index contributed by atoms with van der Waals surface area (Å²) in [4.78, 5) is 19.3. The quantitative estimate of drug-likeness (QED) is 0.633. The Morgan fingerprint density at radius 1 is 1.25 bits per heavy atom. The molecule has 2 aromatic heterocycles. The largest absolute Gasteiger partial charge is 0.494 e. The number of ether oxygens (including phenoxy) is 1. The molecule has 0 saturated carbocycles. The minimum Gasteiger partial charge on any atom is -0.494 e. The molecule has 0 bridgehead atoms. The molecule has 0 amide bonds. The first kappa shape index (κ1) is 16.7. The molecule has 24 heavy (non-hydrogen) atoms. The summed E-state index contributed by atoms with van der Waals surface area (Å²) in [5, 5.41) is 0.738. The number of aryl methyl sites for hydroxylation is 3. The van der Waals surface area contributed by atoms with Gasteiger partial charge < -0.3 is 4.74 Å². The maximum Gasteiger partial charge on any atom is 0.262 e. The number of fused-ring (bicyclic) bond motifs is 1. The molecule has 3 aromatic rings. The van der Waals surface area contributed by atoms with Gasteiger partial charge in [0.25, 0.3) is 5.56 Å². The zero-order valence-corrected chi connectivity index (χ0v) is 15.2. The van der Waals surface area contributed by atoms with Crippen LogP contribution in [0.2, 0.25) is 0 Å². The van der Waals surface area contributed by atoms with Crippen LogP contribution in [0.1, 0.15) is 29.6 Å². The van der Waals surface area contributed by atoms with Gasteiger partial charge in [-0.25, -0.2) is 4.98 Å². The highest BCUT2D eigenvalue weighted by Gasteiger charge is 2.11. The van der Waals surface area contributed by atoms with Crippen LogP contribution in [0.4, 0.5) is 0 Å². The lowest BCUT2D eigenvalue weighted by molar-refractivity contribution is 0.300. The van der Waals surface area contributed by atoms with E-state index in [1.54, 1.807) is 15.9 Å². The Labute approximate surface area is 145 Å². The fourth-order valence-corrected chi connectivity index (χ4v) is 3.73. The highest BCUT2D eigenvalue weighted by molar-refractivity contribution is 7.18. The molecule has 0 N–H and O–H groups in total. The van der Waals surface area contributed by atoms with Gasteiger partial charge in [0.1, 0.15) is 16.4 Å². The predicted octanol–water partition coefficient (Wildman–Crippen LogP) is 4.11. The summed E-state index contributed by atoms with van der Waals surface area (Å²) in [5.74, 6) is 1.64. The number of hydrogen-bond donors (Lipinski definition) is 0. The first-order chi connectivity index (χ1) is 11.6. The van der Waals surface area contributed by atoms with Gasteiger partial charge >= 0.3 is 0 Å². The molecule has 5 heteroatoms. The normalized spacial score (nSPS) is 11.1. The first-order valence-electron chi connectivity index (χ1n) is 8.28. The summed E-state index contributed by atoms with van der Waals surface area (Å²) >= 11 is 1.61. The smallest absolute Gasteiger partial charge is 0.262 e. The molecule has 2 heterocycles. The van der Waals surface area contributed by atoms with Gasteiger partial charge in [-0.05, 0) is 50.5 Å². The van der Waals surface area contributed by atoms with Crippen molar-refractivity contribution in [1.82, 2.24) is 9.55 Å². The zero-order chi connectivity index (χ0) is 17.1. The summed E-state index contributed by atoms with van der Waals surface area (Å²) in [6.45, 7) is 7.24. The fraction of sp³-hybridized carbons (Fsp3) is 0.368. The topological polar surface area (TPSA) is 44.1 Å². The van der Waals surface area contributed by atoms with Gasteiger partial charge in [0.15, 0.2) is 0 Å². The number of thiophene rings is 1. The highest BCUT2D eigenvalue weighted by Crippen LogP contribution is 2.22. The Kier molecular flexibility index (Phi) is 5.00. The lowest BCUT2D eigenvalue weighted by atomic mass is 10.2. The van der Waals surface area contributed by atoms with Crippen molar-refractivity contribution < 1.29 is 4.74 Å². The molecule has 0 aliphatic carbocycles. The van der Waals surface area contributed by atoms with Gasteiger partial charge in [0.05, 0.1) is 12.0 Å². The number of nitrogens with zero attached hydrogens (tertiary/aromatic N) is 2. The van der Waals surface area contributed by atoms with Crippen molar-refractivity contribution in [1.29, 1.82) is 0 Å². The molecule has 4 nitrogen and oxygen atoms in total. The average molecular weight is 342 g/mol. The van der Waals surface area contributed by atoms with E-state index in [9.17, 15) is 4.79 Å². The van der Waals surface area contributed by atoms with Crippen LogP contribution in [0.25, 0.3) is 10.2 Å². The molecule has 0 spiro atoms. The molecule has 126 valence electrons. The van der Waals surface area contributed by atoms with Gasteiger partial charge in [-0.2, -0.15) is 0 Å². The molecule has 3 rings (SSSR count). The van der Waals surface area contributed by atoms with Crippen LogP contribution in [0.15, 0.2) is 35.1 Å². The summed E-state index contributed by atoms with van der Waals surface area (Å²) in [6.07, 6.45) is 1.70. The molecule has 0 aliphatic rings. The van der Waals surface area contributed by atoms with Crippen molar-refractivity contribution in [2.24, 2.45) is 0 Å². The SMILES string of the molecule is CCc1cc2c(=O)n(CCCOc3cccc(C)c3)c(C)nc2s1. The van der Waals surface area contributed by atoms with E-state index in [1.807, 2.05) is 44.2 Å². The van der Waals surface area contributed by atoms with Gasteiger partial charge in [-0.15, -0.1) is 11.3 Å².